The van der Waals surface area contributed by atoms with Gasteiger partial charge in [0.2, 0.25) is 0 Å². The van der Waals surface area contributed by atoms with E-state index in [1.165, 1.54) is 24.3 Å². The number of amides is 2. The molecule has 3 aromatic rings. The molecule has 0 spiro atoms. The second-order valence-corrected chi connectivity index (χ2v) is 8.49. The summed E-state index contributed by atoms with van der Waals surface area (Å²) in [6.07, 6.45) is 0. The summed E-state index contributed by atoms with van der Waals surface area (Å²) in [7, 11) is 0. The van der Waals surface area contributed by atoms with E-state index in [2.05, 4.69) is 10.4 Å². The van der Waals surface area contributed by atoms with E-state index in [0.717, 1.165) is 4.68 Å². The van der Waals surface area contributed by atoms with Crippen LogP contribution < -0.4 is 10.9 Å². The van der Waals surface area contributed by atoms with Crippen LogP contribution in [-0.2, 0) is 6.54 Å². The fourth-order valence-electron chi connectivity index (χ4n) is 4.30. The summed E-state index contributed by atoms with van der Waals surface area (Å²) < 4.78 is 15.9. The molecule has 0 fully saturated rings. The van der Waals surface area contributed by atoms with Crippen molar-refractivity contribution >= 4 is 22.7 Å². The summed E-state index contributed by atoms with van der Waals surface area (Å²) in [6.45, 7) is 8.00. The SMILES string of the molecule is CCNC(=O)c1nn(Cc2ccc(F)cc2)c(=O)c2c(O)c3n(c12)[C@@H](C)CN(C(C)C)C3=O. The smallest absolute Gasteiger partial charge is 0.280 e. The van der Waals surface area contributed by atoms with Crippen molar-refractivity contribution in [1.82, 2.24) is 24.6 Å². The van der Waals surface area contributed by atoms with Crippen LogP contribution in [0, 0.1) is 5.82 Å². The molecule has 3 heterocycles. The summed E-state index contributed by atoms with van der Waals surface area (Å²) in [6, 6.07) is 5.14. The fourth-order valence-corrected chi connectivity index (χ4v) is 4.30. The third-order valence-electron chi connectivity index (χ3n) is 5.86. The van der Waals surface area contributed by atoms with Crippen molar-refractivity contribution in [2.75, 3.05) is 13.1 Å². The van der Waals surface area contributed by atoms with E-state index in [9.17, 15) is 23.9 Å². The van der Waals surface area contributed by atoms with Crippen molar-refractivity contribution in [3.05, 3.63) is 57.4 Å². The van der Waals surface area contributed by atoms with Crippen molar-refractivity contribution < 1.29 is 19.1 Å². The van der Waals surface area contributed by atoms with Gasteiger partial charge >= 0.3 is 0 Å². The minimum atomic E-state index is -0.641. The highest BCUT2D eigenvalue weighted by atomic mass is 19.1. The van der Waals surface area contributed by atoms with E-state index >= 15 is 0 Å². The van der Waals surface area contributed by atoms with Gasteiger partial charge in [-0.1, -0.05) is 12.1 Å². The summed E-state index contributed by atoms with van der Waals surface area (Å²) in [5.41, 5.74) is -0.00351. The highest BCUT2D eigenvalue weighted by Crippen LogP contribution is 2.38. The van der Waals surface area contributed by atoms with E-state index in [0.29, 0.717) is 18.7 Å². The van der Waals surface area contributed by atoms with Gasteiger partial charge in [-0.05, 0) is 45.4 Å². The van der Waals surface area contributed by atoms with Crippen molar-refractivity contribution in [2.24, 2.45) is 0 Å². The summed E-state index contributed by atoms with van der Waals surface area (Å²) in [5.74, 6) is -1.82. The van der Waals surface area contributed by atoms with Gasteiger partial charge in [-0.25, -0.2) is 9.07 Å². The van der Waals surface area contributed by atoms with Crippen molar-refractivity contribution in [1.29, 1.82) is 0 Å². The number of rotatable bonds is 5. The van der Waals surface area contributed by atoms with E-state index < -0.39 is 28.9 Å². The van der Waals surface area contributed by atoms with Gasteiger partial charge in [-0.3, -0.25) is 14.4 Å². The summed E-state index contributed by atoms with van der Waals surface area (Å²) in [5, 5.41) is 17.9. The molecule has 1 atom stereocenters. The second kappa shape index (κ2) is 8.34. The molecule has 33 heavy (non-hydrogen) atoms. The lowest BCUT2D eigenvalue weighted by molar-refractivity contribution is 0.0615. The quantitative estimate of drug-likeness (QED) is 0.613. The first-order valence-electron chi connectivity index (χ1n) is 10.9. The van der Waals surface area contributed by atoms with Gasteiger partial charge < -0.3 is 19.9 Å². The van der Waals surface area contributed by atoms with E-state index in [1.54, 1.807) is 16.4 Å². The van der Waals surface area contributed by atoms with Crippen molar-refractivity contribution in [3.8, 4) is 5.75 Å². The van der Waals surface area contributed by atoms with Gasteiger partial charge in [-0.15, -0.1) is 0 Å². The predicted molar refractivity (Wildman–Crippen MR) is 120 cm³/mol. The summed E-state index contributed by atoms with van der Waals surface area (Å²) >= 11 is 0. The third kappa shape index (κ3) is 3.65. The van der Waals surface area contributed by atoms with Crippen LogP contribution in [0.15, 0.2) is 29.1 Å². The van der Waals surface area contributed by atoms with E-state index in [-0.39, 0.29) is 40.9 Å². The number of hydrogen-bond acceptors (Lipinski definition) is 5. The Balaban J connectivity index is 2.01. The number of fused-ring (bicyclic) bond motifs is 3. The van der Waals surface area contributed by atoms with Crippen LogP contribution in [0.4, 0.5) is 4.39 Å². The first-order chi connectivity index (χ1) is 15.6. The van der Waals surface area contributed by atoms with Crippen molar-refractivity contribution in [3.63, 3.8) is 0 Å². The fraction of sp³-hybridized carbons (Fsp3) is 0.391. The predicted octanol–water partition coefficient (Wildman–Crippen LogP) is 2.27. The van der Waals surface area contributed by atoms with Gasteiger partial charge in [0.15, 0.2) is 17.1 Å². The van der Waals surface area contributed by atoms with Crippen LogP contribution in [-0.4, -0.2) is 55.3 Å². The number of carbonyl (C=O) groups is 2. The molecule has 1 aromatic carbocycles. The lowest BCUT2D eigenvalue weighted by Gasteiger charge is -2.36. The Labute approximate surface area is 189 Å². The maximum atomic E-state index is 13.4. The van der Waals surface area contributed by atoms with Gasteiger partial charge in [0.25, 0.3) is 17.4 Å². The molecule has 174 valence electrons. The highest BCUT2D eigenvalue weighted by molar-refractivity contribution is 6.10. The number of carbonyl (C=O) groups excluding carboxylic acids is 2. The average Bonchev–Trinajstić information content (AvgIpc) is 3.08. The molecule has 0 aliphatic carbocycles. The van der Waals surface area contributed by atoms with Crippen LogP contribution in [0.2, 0.25) is 0 Å². The van der Waals surface area contributed by atoms with Crippen LogP contribution in [0.25, 0.3) is 10.9 Å². The Hall–Kier alpha value is -3.69. The monoisotopic (exact) mass is 455 g/mol. The zero-order chi connectivity index (χ0) is 24.0. The van der Waals surface area contributed by atoms with Gasteiger partial charge in [0, 0.05) is 25.2 Å². The van der Waals surface area contributed by atoms with Gasteiger partial charge in [0.05, 0.1) is 12.1 Å². The molecule has 2 amide bonds. The molecule has 9 nitrogen and oxygen atoms in total. The first kappa shape index (κ1) is 22.5. The lowest BCUT2D eigenvalue weighted by atomic mass is 10.1. The molecule has 0 radical (unpaired) electrons. The molecular formula is C23H26FN5O4. The Kier molecular flexibility index (Phi) is 5.69. The lowest BCUT2D eigenvalue weighted by Crippen LogP contribution is -2.45. The van der Waals surface area contributed by atoms with E-state index in [4.69, 9.17) is 0 Å². The van der Waals surface area contributed by atoms with Gasteiger partial charge in [-0.2, -0.15) is 5.10 Å². The number of aromatic nitrogens is 3. The maximum Gasteiger partial charge on any atom is 0.280 e. The first-order valence-corrected chi connectivity index (χ1v) is 10.9. The molecule has 1 aliphatic heterocycles. The number of halogens is 1. The molecule has 0 saturated heterocycles. The molecule has 0 saturated carbocycles. The molecule has 1 aliphatic rings. The number of nitrogens with one attached hydrogen (secondary N) is 1. The van der Waals surface area contributed by atoms with Crippen LogP contribution >= 0.6 is 0 Å². The number of aromatic hydroxyl groups is 1. The Morgan fingerprint density at radius 1 is 1.27 bits per heavy atom. The van der Waals surface area contributed by atoms with E-state index in [1.807, 2.05) is 20.8 Å². The molecular weight excluding hydrogens is 429 g/mol. The van der Waals surface area contributed by atoms with Crippen LogP contribution in [0.5, 0.6) is 5.75 Å². The Bertz CT molecular complexity index is 1310. The Morgan fingerprint density at radius 3 is 2.55 bits per heavy atom. The largest absolute Gasteiger partial charge is 0.505 e. The van der Waals surface area contributed by atoms with Crippen molar-refractivity contribution in [2.45, 2.75) is 46.3 Å². The molecule has 0 bridgehead atoms. The van der Waals surface area contributed by atoms with Crippen LogP contribution in [0.3, 0.4) is 0 Å². The second-order valence-electron chi connectivity index (χ2n) is 8.49. The topological polar surface area (TPSA) is 109 Å². The zero-order valence-corrected chi connectivity index (χ0v) is 18.9. The highest BCUT2D eigenvalue weighted by Gasteiger charge is 2.38. The summed E-state index contributed by atoms with van der Waals surface area (Å²) in [4.78, 5) is 41.2. The number of hydrogen-bond donors (Lipinski definition) is 2. The van der Waals surface area contributed by atoms with Gasteiger partial charge in [0.1, 0.15) is 11.2 Å². The molecule has 10 heteroatoms. The standard InChI is InChI=1S/C23H26FN5O4/c1-5-25-21(31)17-18-16(22(32)28(26-17)11-14-6-8-15(24)9-7-14)20(30)19-23(33)27(12(2)3)10-13(4)29(18)19/h6-9,12-13,30H,5,10-11H2,1-4H3,(H,25,31)/t13-/m0/s1. The molecule has 2 N–H and O–H groups in total. The zero-order valence-electron chi connectivity index (χ0n) is 18.9. The maximum absolute atomic E-state index is 13.4. The third-order valence-corrected chi connectivity index (χ3v) is 5.86. The molecule has 4 rings (SSSR count). The minimum absolute atomic E-state index is 0.0265. The number of nitrogens with zero attached hydrogens (tertiary/aromatic N) is 4. The minimum Gasteiger partial charge on any atom is -0.505 e. The molecule has 2 aromatic heterocycles. The Morgan fingerprint density at radius 2 is 1.94 bits per heavy atom. The normalized spacial score (nSPS) is 15.9. The van der Waals surface area contributed by atoms with Crippen LogP contribution in [0.1, 0.15) is 60.3 Å². The average molecular weight is 455 g/mol. The number of benzene rings is 1. The molecule has 0 unspecified atom stereocenters.